The molecule has 4 nitrogen and oxygen atoms in total. The summed E-state index contributed by atoms with van der Waals surface area (Å²) in [7, 11) is 0. The van der Waals surface area contributed by atoms with Crippen LogP contribution in [0.3, 0.4) is 0 Å². The van der Waals surface area contributed by atoms with Gasteiger partial charge in [0.15, 0.2) is 0 Å². The molecule has 0 saturated carbocycles. The lowest BCUT2D eigenvalue weighted by Gasteiger charge is -2.34. The maximum Gasteiger partial charge on any atom is 0.205 e. The molecule has 2 aliphatic rings. The predicted molar refractivity (Wildman–Crippen MR) is 84.6 cm³/mol. The first kappa shape index (κ1) is 14.3. The first-order valence-corrected chi connectivity index (χ1v) is 8.64. The van der Waals surface area contributed by atoms with Crippen LogP contribution in [0, 0.1) is 5.92 Å². The van der Waals surface area contributed by atoms with Gasteiger partial charge in [-0.3, -0.25) is 0 Å². The third kappa shape index (κ3) is 2.98. The molecule has 20 heavy (non-hydrogen) atoms. The fourth-order valence-electron chi connectivity index (χ4n) is 3.26. The maximum atomic E-state index is 4.75. The van der Waals surface area contributed by atoms with Crippen molar-refractivity contribution in [2.24, 2.45) is 5.92 Å². The third-order valence-electron chi connectivity index (χ3n) is 4.56. The standard InChI is InChI=1S/C15H26N4S/c1-15(2,3)13-17-14(20-18-13)19-9-6-11(7-10-19)12-5-4-8-16-12/h11-12,16H,4-10H2,1-3H3. The summed E-state index contributed by atoms with van der Waals surface area (Å²) < 4.78 is 4.54. The fraction of sp³-hybridized carbons (Fsp3) is 0.867. The predicted octanol–water partition coefficient (Wildman–Crippen LogP) is 2.80. The zero-order valence-corrected chi connectivity index (χ0v) is 13.7. The van der Waals surface area contributed by atoms with Gasteiger partial charge in [0.1, 0.15) is 5.82 Å². The molecule has 0 aromatic carbocycles. The smallest absolute Gasteiger partial charge is 0.205 e. The number of rotatable bonds is 2. The molecular weight excluding hydrogens is 268 g/mol. The Morgan fingerprint density at radius 2 is 1.95 bits per heavy atom. The van der Waals surface area contributed by atoms with Gasteiger partial charge in [-0.25, -0.2) is 4.98 Å². The van der Waals surface area contributed by atoms with Gasteiger partial charge in [-0.05, 0) is 38.1 Å². The Labute approximate surface area is 126 Å². The van der Waals surface area contributed by atoms with Crippen LogP contribution in [0.1, 0.15) is 52.3 Å². The zero-order valence-electron chi connectivity index (χ0n) is 12.9. The second-order valence-electron chi connectivity index (χ2n) is 7.18. The Bertz CT molecular complexity index is 437. The Morgan fingerprint density at radius 3 is 2.50 bits per heavy atom. The van der Waals surface area contributed by atoms with E-state index in [1.807, 2.05) is 0 Å². The van der Waals surface area contributed by atoms with E-state index in [4.69, 9.17) is 4.98 Å². The van der Waals surface area contributed by atoms with Crippen LogP contribution in [0.5, 0.6) is 0 Å². The van der Waals surface area contributed by atoms with Crippen LogP contribution in [-0.4, -0.2) is 35.0 Å². The van der Waals surface area contributed by atoms with E-state index >= 15 is 0 Å². The summed E-state index contributed by atoms with van der Waals surface area (Å²) in [5, 5.41) is 4.78. The van der Waals surface area contributed by atoms with Gasteiger partial charge in [0.2, 0.25) is 5.13 Å². The van der Waals surface area contributed by atoms with Gasteiger partial charge in [0.05, 0.1) is 0 Å². The normalized spacial score (nSPS) is 25.4. The van der Waals surface area contributed by atoms with E-state index in [0.29, 0.717) is 0 Å². The number of hydrogen-bond donors (Lipinski definition) is 1. The van der Waals surface area contributed by atoms with Crippen LogP contribution in [0.25, 0.3) is 0 Å². The molecule has 1 aromatic heterocycles. The van der Waals surface area contributed by atoms with E-state index in [9.17, 15) is 0 Å². The second-order valence-corrected chi connectivity index (χ2v) is 7.91. The molecule has 2 fully saturated rings. The average molecular weight is 294 g/mol. The van der Waals surface area contributed by atoms with Gasteiger partial charge in [0.25, 0.3) is 0 Å². The van der Waals surface area contributed by atoms with Gasteiger partial charge >= 0.3 is 0 Å². The van der Waals surface area contributed by atoms with Crippen LogP contribution in [-0.2, 0) is 5.41 Å². The van der Waals surface area contributed by atoms with E-state index in [-0.39, 0.29) is 5.41 Å². The molecule has 1 atom stereocenters. The summed E-state index contributed by atoms with van der Waals surface area (Å²) in [4.78, 5) is 7.17. The summed E-state index contributed by atoms with van der Waals surface area (Å²) in [6.07, 6.45) is 5.32. The molecule has 0 bridgehead atoms. The molecule has 0 amide bonds. The van der Waals surface area contributed by atoms with Crippen molar-refractivity contribution in [1.82, 2.24) is 14.7 Å². The molecule has 1 aromatic rings. The quantitative estimate of drug-likeness (QED) is 0.910. The number of hydrogen-bond acceptors (Lipinski definition) is 5. The van der Waals surface area contributed by atoms with Crippen LogP contribution in [0.15, 0.2) is 0 Å². The van der Waals surface area contributed by atoms with Crippen molar-refractivity contribution >= 4 is 16.7 Å². The van der Waals surface area contributed by atoms with Crippen molar-refractivity contribution in [2.45, 2.75) is 57.9 Å². The minimum Gasteiger partial charge on any atom is -0.347 e. The molecule has 2 saturated heterocycles. The largest absolute Gasteiger partial charge is 0.347 e. The van der Waals surface area contributed by atoms with Gasteiger partial charge in [-0.1, -0.05) is 20.8 Å². The van der Waals surface area contributed by atoms with Crippen molar-refractivity contribution in [1.29, 1.82) is 0 Å². The van der Waals surface area contributed by atoms with E-state index in [1.54, 1.807) is 11.5 Å². The molecule has 2 aliphatic heterocycles. The van der Waals surface area contributed by atoms with Gasteiger partial charge < -0.3 is 10.2 Å². The van der Waals surface area contributed by atoms with Gasteiger partial charge in [-0.15, -0.1) is 0 Å². The van der Waals surface area contributed by atoms with Crippen molar-refractivity contribution in [3.63, 3.8) is 0 Å². The van der Waals surface area contributed by atoms with Crippen LogP contribution >= 0.6 is 11.5 Å². The van der Waals surface area contributed by atoms with Crippen molar-refractivity contribution < 1.29 is 0 Å². The van der Waals surface area contributed by atoms with Gasteiger partial charge in [-0.2, -0.15) is 4.37 Å². The zero-order chi connectivity index (χ0) is 14.2. The first-order valence-electron chi connectivity index (χ1n) is 7.86. The lowest BCUT2D eigenvalue weighted by Crippen LogP contribution is -2.40. The van der Waals surface area contributed by atoms with Crippen LogP contribution in [0.4, 0.5) is 5.13 Å². The number of piperidine rings is 1. The number of nitrogens with zero attached hydrogens (tertiary/aromatic N) is 3. The highest BCUT2D eigenvalue weighted by Crippen LogP contribution is 2.30. The minimum atomic E-state index is 0.0564. The number of aromatic nitrogens is 2. The van der Waals surface area contributed by atoms with Crippen molar-refractivity contribution in [2.75, 3.05) is 24.5 Å². The average Bonchev–Trinajstić information content (AvgIpc) is 3.10. The molecule has 0 aliphatic carbocycles. The van der Waals surface area contributed by atoms with Crippen LogP contribution < -0.4 is 10.2 Å². The Kier molecular flexibility index (Phi) is 4.00. The van der Waals surface area contributed by atoms with Crippen molar-refractivity contribution in [3.8, 4) is 0 Å². The molecule has 5 heteroatoms. The highest BCUT2D eigenvalue weighted by Gasteiger charge is 2.30. The van der Waals surface area contributed by atoms with Crippen molar-refractivity contribution in [3.05, 3.63) is 5.82 Å². The molecule has 0 spiro atoms. The van der Waals surface area contributed by atoms with Crippen LogP contribution in [0.2, 0.25) is 0 Å². The summed E-state index contributed by atoms with van der Waals surface area (Å²) in [5.41, 5.74) is 0.0564. The molecule has 3 rings (SSSR count). The monoisotopic (exact) mass is 294 g/mol. The third-order valence-corrected chi connectivity index (χ3v) is 5.34. The molecule has 0 radical (unpaired) electrons. The molecule has 1 N–H and O–H groups in total. The highest BCUT2D eigenvalue weighted by molar-refractivity contribution is 7.09. The molecular formula is C15H26N4S. The maximum absolute atomic E-state index is 4.75. The molecule has 3 heterocycles. The lowest BCUT2D eigenvalue weighted by molar-refractivity contribution is 0.319. The fourth-order valence-corrected chi connectivity index (χ4v) is 4.16. The summed E-state index contributed by atoms with van der Waals surface area (Å²) >= 11 is 1.57. The summed E-state index contributed by atoms with van der Waals surface area (Å²) in [5.74, 6) is 1.85. The van der Waals surface area contributed by atoms with E-state index in [1.165, 1.54) is 32.2 Å². The lowest BCUT2D eigenvalue weighted by atomic mass is 9.89. The Balaban J connectivity index is 1.59. The second kappa shape index (κ2) is 5.60. The highest BCUT2D eigenvalue weighted by atomic mass is 32.1. The minimum absolute atomic E-state index is 0.0564. The SMILES string of the molecule is CC(C)(C)c1nsc(N2CCC(C3CCCN3)CC2)n1. The summed E-state index contributed by atoms with van der Waals surface area (Å²) in [6, 6.07) is 0.775. The Hall–Kier alpha value is -0.680. The number of nitrogens with one attached hydrogen (secondary N) is 1. The van der Waals surface area contributed by atoms with Gasteiger partial charge in [0, 0.05) is 36.1 Å². The summed E-state index contributed by atoms with van der Waals surface area (Å²) in [6.45, 7) is 10.0. The number of anilines is 1. The Morgan fingerprint density at radius 1 is 1.20 bits per heavy atom. The van der Waals surface area contributed by atoms with E-state index < -0.39 is 0 Å². The van der Waals surface area contributed by atoms with E-state index in [2.05, 4.69) is 35.4 Å². The first-order chi connectivity index (χ1) is 9.54. The van der Waals surface area contributed by atoms with E-state index in [0.717, 1.165) is 36.0 Å². The molecule has 112 valence electrons. The molecule has 1 unspecified atom stereocenters. The topological polar surface area (TPSA) is 41.1 Å².